The largest absolute Gasteiger partial charge is 0.326 e. The summed E-state index contributed by atoms with van der Waals surface area (Å²) in [6, 6.07) is 10.2. The first-order valence-electron chi connectivity index (χ1n) is 5.80. The number of thiazole rings is 1. The van der Waals surface area contributed by atoms with Crippen molar-refractivity contribution in [3.05, 3.63) is 56.0 Å². The number of benzene rings is 2. The Kier molecular flexibility index (Phi) is 3.79. The van der Waals surface area contributed by atoms with Crippen LogP contribution in [0.15, 0.2) is 40.9 Å². The normalized spacial score (nSPS) is 10.8. The van der Waals surface area contributed by atoms with Gasteiger partial charge in [0.25, 0.3) is 5.69 Å². The first-order valence-corrected chi connectivity index (χ1v) is 7.79. The minimum absolute atomic E-state index is 0.0123. The Morgan fingerprint density at radius 1 is 1.29 bits per heavy atom. The molecule has 21 heavy (non-hydrogen) atoms. The summed E-state index contributed by atoms with van der Waals surface area (Å²) in [4.78, 5) is 15.0. The number of anilines is 2. The third-order valence-corrected chi connectivity index (χ3v) is 4.41. The highest BCUT2D eigenvalue weighted by Gasteiger charge is 2.15. The van der Waals surface area contributed by atoms with Crippen molar-refractivity contribution in [1.29, 1.82) is 0 Å². The number of aromatic nitrogens is 1. The van der Waals surface area contributed by atoms with E-state index in [2.05, 4.69) is 26.2 Å². The lowest BCUT2D eigenvalue weighted by molar-refractivity contribution is -0.384. The van der Waals surface area contributed by atoms with Crippen LogP contribution >= 0.6 is 38.9 Å². The molecule has 5 nitrogen and oxygen atoms in total. The van der Waals surface area contributed by atoms with Gasteiger partial charge < -0.3 is 5.32 Å². The van der Waals surface area contributed by atoms with Crippen molar-refractivity contribution in [3.8, 4) is 0 Å². The van der Waals surface area contributed by atoms with E-state index in [9.17, 15) is 10.1 Å². The maximum Gasteiger partial charge on any atom is 0.293 e. The number of rotatable bonds is 3. The average molecular weight is 385 g/mol. The molecule has 0 bridgehead atoms. The maximum atomic E-state index is 11.1. The van der Waals surface area contributed by atoms with Crippen molar-refractivity contribution in [3.63, 3.8) is 0 Å². The summed E-state index contributed by atoms with van der Waals surface area (Å²) in [5.41, 5.74) is 1.18. The zero-order valence-electron chi connectivity index (χ0n) is 10.3. The predicted molar refractivity (Wildman–Crippen MR) is 88.7 cm³/mol. The third-order valence-electron chi connectivity index (χ3n) is 2.75. The van der Waals surface area contributed by atoms with E-state index in [4.69, 9.17) is 11.6 Å². The summed E-state index contributed by atoms with van der Waals surface area (Å²) in [7, 11) is 0. The quantitative estimate of drug-likeness (QED) is 0.487. The molecule has 3 rings (SSSR count). The molecule has 3 aromatic rings. The topological polar surface area (TPSA) is 68.1 Å². The van der Waals surface area contributed by atoms with Crippen LogP contribution in [0.2, 0.25) is 5.02 Å². The molecule has 0 aliphatic heterocycles. The smallest absolute Gasteiger partial charge is 0.293 e. The van der Waals surface area contributed by atoms with Crippen LogP contribution in [0.3, 0.4) is 0 Å². The fourth-order valence-corrected chi connectivity index (χ4v) is 3.33. The molecule has 0 saturated heterocycles. The van der Waals surface area contributed by atoms with Gasteiger partial charge in [-0.1, -0.05) is 38.9 Å². The van der Waals surface area contributed by atoms with E-state index in [1.807, 2.05) is 12.1 Å². The minimum atomic E-state index is -0.433. The number of nitro benzene ring substituents is 1. The monoisotopic (exact) mass is 383 g/mol. The first kappa shape index (κ1) is 14.2. The first-order chi connectivity index (χ1) is 10.0. The number of nitro groups is 1. The van der Waals surface area contributed by atoms with Gasteiger partial charge in [0.15, 0.2) is 5.13 Å². The Bertz CT molecular complexity index is 853. The lowest BCUT2D eigenvalue weighted by atomic mass is 10.3. The summed E-state index contributed by atoms with van der Waals surface area (Å²) < 4.78 is 1.57. The molecule has 0 amide bonds. The second-order valence-electron chi connectivity index (χ2n) is 4.17. The molecule has 2 aromatic carbocycles. The van der Waals surface area contributed by atoms with Gasteiger partial charge in [0, 0.05) is 15.6 Å². The van der Waals surface area contributed by atoms with Gasteiger partial charge in [-0.05, 0) is 30.3 Å². The van der Waals surface area contributed by atoms with Gasteiger partial charge in [0.05, 0.1) is 15.1 Å². The van der Waals surface area contributed by atoms with Gasteiger partial charge in [-0.15, -0.1) is 0 Å². The lowest BCUT2D eigenvalue weighted by Gasteiger charge is -2.03. The standard InChI is InChI=1S/C13H7BrClN3O2S/c14-7-1-3-9(11(5-7)18(19)20)16-13-17-10-4-2-8(15)6-12(10)21-13/h1-6H,(H,16,17). The summed E-state index contributed by atoms with van der Waals surface area (Å²) in [6.07, 6.45) is 0. The van der Waals surface area contributed by atoms with E-state index >= 15 is 0 Å². The van der Waals surface area contributed by atoms with Crippen LogP contribution in [-0.2, 0) is 0 Å². The number of fused-ring (bicyclic) bond motifs is 1. The highest BCUT2D eigenvalue weighted by atomic mass is 79.9. The average Bonchev–Trinajstić information content (AvgIpc) is 2.82. The van der Waals surface area contributed by atoms with Crippen molar-refractivity contribution in [2.45, 2.75) is 0 Å². The van der Waals surface area contributed by atoms with Crippen molar-refractivity contribution < 1.29 is 4.92 Å². The molecule has 0 spiro atoms. The predicted octanol–water partition coefficient (Wildman–Crippen LogP) is 5.36. The van der Waals surface area contributed by atoms with Crippen LogP contribution < -0.4 is 5.32 Å². The highest BCUT2D eigenvalue weighted by Crippen LogP contribution is 2.34. The molecule has 0 atom stereocenters. The van der Waals surface area contributed by atoms with Gasteiger partial charge in [0.2, 0.25) is 0 Å². The molecule has 0 fully saturated rings. The molecule has 106 valence electrons. The number of hydrogen-bond acceptors (Lipinski definition) is 5. The van der Waals surface area contributed by atoms with Crippen LogP contribution in [0.25, 0.3) is 10.2 Å². The zero-order valence-corrected chi connectivity index (χ0v) is 13.5. The Hall–Kier alpha value is -1.70. The van der Waals surface area contributed by atoms with E-state index in [0.29, 0.717) is 20.3 Å². The molecule has 8 heteroatoms. The Morgan fingerprint density at radius 2 is 2.10 bits per heavy atom. The zero-order chi connectivity index (χ0) is 15.0. The van der Waals surface area contributed by atoms with E-state index in [1.54, 1.807) is 18.2 Å². The van der Waals surface area contributed by atoms with E-state index < -0.39 is 4.92 Å². The second kappa shape index (κ2) is 5.59. The number of nitrogens with one attached hydrogen (secondary N) is 1. The van der Waals surface area contributed by atoms with Crippen molar-refractivity contribution in [2.75, 3.05) is 5.32 Å². The van der Waals surface area contributed by atoms with Crippen molar-refractivity contribution in [2.24, 2.45) is 0 Å². The molecule has 0 saturated carbocycles. The Balaban J connectivity index is 2.00. The van der Waals surface area contributed by atoms with E-state index in [-0.39, 0.29) is 5.69 Å². The van der Waals surface area contributed by atoms with Crippen LogP contribution in [0, 0.1) is 10.1 Å². The van der Waals surface area contributed by atoms with Crippen LogP contribution in [0.4, 0.5) is 16.5 Å². The fourth-order valence-electron chi connectivity index (χ4n) is 1.83. The summed E-state index contributed by atoms with van der Waals surface area (Å²) in [5.74, 6) is 0. The summed E-state index contributed by atoms with van der Waals surface area (Å²) in [6.45, 7) is 0. The molecule has 0 aliphatic rings. The van der Waals surface area contributed by atoms with Crippen LogP contribution in [0.5, 0.6) is 0 Å². The molecule has 1 heterocycles. The van der Waals surface area contributed by atoms with Gasteiger partial charge in [-0.25, -0.2) is 4.98 Å². The molecule has 0 radical (unpaired) electrons. The van der Waals surface area contributed by atoms with Crippen molar-refractivity contribution in [1.82, 2.24) is 4.98 Å². The molecule has 1 N–H and O–H groups in total. The molecule has 1 aromatic heterocycles. The van der Waals surface area contributed by atoms with Gasteiger partial charge in [0.1, 0.15) is 5.69 Å². The number of hydrogen-bond donors (Lipinski definition) is 1. The molecule has 0 aliphatic carbocycles. The van der Waals surface area contributed by atoms with E-state index in [0.717, 1.165) is 10.2 Å². The third kappa shape index (κ3) is 2.99. The second-order valence-corrected chi connectivity index (χ2v) is 6.56. The van der Waals surface area contributed by atoms with E-state index in [1.165, 1.54) is 17.4 Å². The summed E-state index contributed by atoms with van der Waals surface area (Å²) in [5, 5.41) is 15.3. The molecular weight excluding hydrogens is 378 g/mol. The summed E-state index contributed by atoms with van der Waals surface area (Å²) >= 11 is 10.6. The molecule has 0 unspecified atom stereocenters. The molecular formula is C13H7BrClN3O2S. The maximum absolute atomic E-state index is 11.1. The van der Waals surface area contributed by atoms with Crippen molar-refractivity contribution >= 4 is 65.6 Å². The number of nitrogens with zero attached hydrogens (tertiary/aromatic N) is 2. The Morgan fingerprint density at radius 3 is 2.86 bits per heavy atom. The SMILES string of the molecule is O=[N+]([O-])c1cc(Br)ccc1Nc1nc2ccc(Cl)cc2s1. The van der Waals surface area contributed by atoms with Crippen LogP contribution in [-0.4, -0.2) is 9.91 Å². The van der Waals surface area contributed by atoms with Gasteiger partial charge in [-0.3, -0.25) is 10.1 Å². The van der Waals surface area contributed by atoms with Gasteiger partial charge in [-0.2, -0.15) is 0 Å². The fraction of sp³-hybridized carbons (Fsp3) is 0. The highest BCUT2D eigenvalue weighted by molar-refractivity contribution is 9.10. The Labute approximate surface area is 136 Å². The lowest BCUT2D eigenvalue weighted by Crippen LogP contribution is -1.96. The number of halogens is 2. The minimum Gasteiger partial charge on any atom is -0.326 e. The van der Waals surface area contributed by atoms with Crippen LogP contribution in [0.1, 0.15) is 0 Å². The van der Waals surface area contributed by atoms with Gasteiger partial charge >= 0.3 is 0 Å².